The van der Waals surface area contributed by atoms with Gasteiger partial charge in [-0.3, -0.25) is 14.5 Å². The summed E-state index contributed by atoms with van der Waals surface area (Å²) >= 11 is 0. The second-order valence-corrected chi connectivity index (χ2v) is 4.74. The predicted octanol–water partition coefficient (Wildman–Crippen LogP) is 0.877. The Morgan fingerprint density at radius 1 is 1.24 bits per heavy atom. The molecule has 21 heavy (non-hydrogen) atoms. The maximum absolute atomic E-state index is 12.5. The van der Waals surface area contributed by atoms with E-state index in [2.05, 4.69) is 6.58 Å². The molecule has 0 fully saturated rings. The van der Waals surface area contributed by atoms with Crippen LogP contribution in [0.5, 0.6) is 0 Å². The highest BCUT2D eigenvalue weighted by atomic mass is 16.3. The Bertz CT molecular complexity index is 593. The molecule has 1 N–H and O–H groups in total. The summed E-state index contributed by atoms with van der Waals surface area (Å²) < 4.78 is 0. The molecule has 0 saturated heterocycles. The fraction of sp³-hybridized carbons (Fsp3) is 0.250. The van der Waals surface area contributed by atoms with Crippen LogP contribution in [-0.4, -0.2) is 53.5 Å². The molecule has 0 spiro atoms. The third-order valence-electron chi connectivity index (χ3n) is 3.33. The normalized spacial score (nSPS) is 14.9. The van der Waals surface area contributed by atoms with E-state index in [-0.39, 0.29) is 31.5 Å². The summed E-state index contributed by atoms with van der Waals surface area (Å²) in [4.78, 5) is 27.8. The van der Waals surface area contributed by atoms with Gasteiger partial charge in [-0.15, -0.1) is 6.58 Å². The Kier molecular flexibility index (Phi) is 4.55. The van der Waals surface area contributed by atoms with E-state index in [1.54, 1.807) is 24.1 Å². The maximum Gasteiger partial charge on any atom is 0.278 e. The molecule has 1 aromatic rings. The molecule has 1 aliphatic rings. The van der Waals surface area contributed by atoms with Crippen molar-refractivity contribution in [2.24, 2.45) is 0 Å². The van der Waals surface area contributed by atoms with Crippen molar-refractivity contribution in [1.82, 2.24) is 9.80 Å². The Morgan fingerprint density at radius 2 is 1.90 bits per heavy atom. The molecular weight excluding hydrogens is 268 g/mol. The van der Waals surface area contributed by atoms with Gasteiger partial charge in [0.15, 0.2) is 0 Å². The van der Waals surface area contributed by atoms with Gasteiger partial charge in [0.2, 0.25) is 0 Å². The summed E-state index contributed by atoms with van der Waals surface area (Å²) in [6.45, 7) is 3.94. The van der Waals surface area contributed by atoms with Crippen molar-refractivity contribution in [2.45, 2.75) is 0 Å². The van der Waals surface area contributed by atoms with Crippen molar-refractivity contribution in [3.05, 3.63) is 54.2 Å². The van der Waals surface area contributed by atoms with Crippen molar-refractivity contribution in [2.75, 3.05) is 26.7 Å². The minimum Gasteiger partial charge on any atom is -0.395 e. The van der Waals surface area contributed by atoms with E-state index >= 15 is 0 Å². The van der Waals surface area contributed by atoms with Crippen molar-refractivity contribution < 1.29 is 14.7 Å². The smallest absolute Gasteiger partial charge is 0.278 e. The lowest BCUT2D eigenvalue weighted by atomic mass is 10.0. The molecule has 0 unspecified atom stereocenters. The number of benzene rings is 1. The fourth-order valence-corrected chi connectivity index (χ4v) is 2.34. The van der Waals surface area contributed by atoms with Gasteiger partial charge >= 0.3 is 0 Å². The van der Waals surface area contributed by atoms with E-state index in [1.807, 2.05) is 18.2 Å². The van der Waals surface area contributed by atoms with Crippen LogP contribution in [0, 0.1) is 0 Å². The molecule has 0 bridgehead atoms. The second-order valence-electron chi connectivity index (χ2n) is 4.74. The van der Waals surface area contributed by atoms with Gasteiger partial charge in [0.1, 0.15) is 5.70 Å². The average Bonchev–Trinajstić information content (AvgIpc) is 2.73. The van der Waals surface area contributed by atoms with Crippen molar-refractivity contribution in [3.63, 3.8) is 0 Å². The molecule has 0 atom stereocenters. The van der Waals surface area contributed by atoms with Crippen LogP contribution in [0.2, 0.25) is 0 Å². The summed E-state index contributed by atoms with van der Waals surface area (Å²) in [5.74, 6) is -0.680. The monoisotopic (exact) mass is 286 g/mol. The SMILES string of the molecule is C=CCN1C(=O)C(c2ccccc2)=C(N(C)CCO)C1=O. The Balaban J connectivity index is 2.53. The first-order valence-corrected chi connectivity index (χ1v) is 6.70. The summed E-state index contributed by atoms with van der Waals surface area (Å²) in [5, 5.41) is 9.09. The quantitative estimate of drug-likeness (QED) is 0.623. The first-order chi connectivity index (χ1) is 10.1. The van der Waals surface area contributed by atoms with E-state index in [0.29, 0.717) is 16.8 Å². The number of likely N-dealkylation sites (N-methyl/N-ethyl adjacent to an activating group) is 1. The lowest BCUT2D eigenvalue weighted by molar-refractivity contribution is -0.136. The summed E-state index contributed by atoms with van der Waals surface area (Å²) in [6.07, 6.45) is 1.52. The van der Waals surface area contributed by atoms with Gasteiger partial charge in [-0.05, 0) is 5.56 Å². The van der Waals surface area contributed by atoms with Crippen LogP contribution in [0.25, 0.3) is 5.57 Å². The van der Waals surface area contributed by atoms with E-state index in [0.717, 1.165) is 0 Å². The van der Waals surface area contributed by atoms with Crippen molar-refractivity contribution >= 4 is 17.4 Å². The lowest BCUT2D eigenvalue weighted by Crippen LogP contribution is -2.34. The zero-order chi connectivity index (χ0) is 15.4. The third kappa shape index (κ3) is 2.73. The molecule has 2 amide bonds. The summed E-state index contributed by atoms with van der Waals surface area (Å²) in [7, 11) is 1.69. The largest absolute Gasteiger partial charge is 0.395 e. The highest BCUT2D eigenvalue weighted by molar-refractivity contribution is 6.35. The number of imide groups is 1. The van der Waals surface area contributed by atoms with Crippen molar-refractivity contribution in [3.8, 4) is 0 Å². The van der Waals surface area contributed by atoms with Crippen LogP contribution >= 0.6 is 0 Å². The standard InChI is InChI=1S/C16H18N2O3/c1-3-9-18-15(20)13(12-7-5-4-6-8-12)14(16(18)21)17(2)10-11-19/h3-8,19H,1,9-11H2,2H3. The third-order valence-corrected chi connectivity index (χ3v) is 3.33. The Morgan fingerprint density at radius 3 is 2.48 bits per heavy atom. The molecule has 0 aromatic heterocycles. The minimum atomic E-state index is -0.352. The Labute approximate surface area is 123 Å². The number of rotatable bonds is 6. The van der Waals surface area contributed by atoms with Crippen LogP contribution in [0.3, 0.4) is 0 Å². The van der Waals surface area contributed by atoms with E-state index < -0.39 is 0 Å². The Hall–Kier alpha value is -2.40. The topological polar surface area (TPSA) is 60.9 Å². The number of nitrogens with zero attached hydrogens (tertiary/aromatic N) is 2. The van der Waals surface area contributed by atoms with Crippen LogP contribution in [0.1, 0.15) is 5.56 Å². The first kappa shape index (κ1) is 15.0. The maximum atomic E-state index is 12.5. The average molecular weight is 286 g/mol. The van der Waals surface area contributed by atoms with E-state index in [9.17, 15) is 9.59 Å². The predicted molar refractivity (Wildman–Crippen MR) is 80.0 cm³/mol. The van der Waals surface area contributed by atoms with Gasteiger partial charge in [0.05, 0.1) is 12.2 Å². The summed E-state index contributed by atoms with van der Waals surface area (Å²) in [5.41, 5.74) is 1.39. The molecule has 110 valence electrons. The number of carbonyl (C=O) groups is 2. The van der Waals surface area contributed by atoms with Gasteiger partial charge in [0, 0.05) is 20.1 Å². The van der Waals surface area contributed by atoms with E-state index in [4.69, 9.17) is 5.11 Å². The molecule has 5 nitrogen and oxygen atoms in total. The highest BCUT2D eigenvalue weighted by Gasteiger charge is 2.39. The van der Waals surface area contributed by atoms with E-state index in [1.165, 1.54) is 11.0 Å². The molecule has 0 saturated carbocycles. The zero-order valence-electron chi connectivity index (χ0n) is 12.0. The number of carbonyl (C=O) groups excluding carboxylic acids is 2. The number of hydrogen-bond donors (Lipinski definition) is 1. The first-order valence-electron chi connectivity index (χ1n) is 6.70. The second kappa shape index (κ2) is 6.37. The molecule has 1 aliphatic heterocycles. The van der Waals surface area contributed by atoms with Gasteiger partial charge in [-0.25, -0.2) is 0 Å². The molecule has 5 heteroatoms. The minimum absolute atomic E-state index is 0.0923. The van der Waals surface area contributed by atoms with Crippen LogP contribution in [0.15, 0.2) is 48.7 Å². The number of hydrogen-bond acceptors (Lipinski definition) is 4. The van der Waals surface area contributed by atoms with Gasteiger partial charge in [-0.1, -0.05) is 36.4 Å². The van der Waals surface area contributed by atoms with Gasteiger partial charge in [0.25, 0.3) is 11.8 Å². The van der Waals surface area contributed by atoms with Gasteiger partial charge in [-0.2, -0.15) is 0 Å². The van der Waals surface area contributed by atoms with Crippen LogP contribution in [0.4, 0.5) is 0 Å². The number of aliphatic hydroxyl groups excluding tert-OH is 1. The number of amides is 2. The van der Waals surface area contributed by atoms with Crippen LogP contribution < -0.4 is 0 Å². The molecule has 2 rings (SSSR count). The summed E-state index contributed by atoms with van der Waals surface area (Å²) in [6, 6.07) is 9.08. The molecule has 0 radical (unpaired) electrons. The molecule has 1 aromatic carbocycles. The number of aliphatic hydroxyl groups is 1. The molecule has 0 aliphatic carbocycles. The van der Waals surface area contributed by atoms with Crippen LogP contribution in [-0.2, 0) is 9.59 Å². The zero-order valence-corrected chi connectivity index (χ0v) is 12.0. The highest BCUT2D eigenvalue weighted by Crippen LogP contribution is 2.30. The molecular formula is C16H18N2O3. The fourth-order valence-electron chi connectivity index (χ4n) is 2.34. The lowest BCUT2D eigenvalue weighted by Gasteiger charge is -2.19. The molecule has 1 heterocycles. The van der Waals surface area contributed by atoms with Gasteiger partial charge < -0.3 is 10.0 Å². The van der Waals surface area contributed by atoms with Crippen molar-refractivity contribution in [1.29, 1.82) is 0 Å².